The minimum absolute atomic E-state index is 0.432. The standard InChI is InChI=1S/C16H27N/c1-7-16(11(2)3)17-14(6)15-9-8-12(4)13(5)10-15/h8-11,14,16-17H,7H2,1-6H3. The predicted molar refractivity (Wildman–Crippen MR) is 76.4 cm³/mol. The van der Waals surface area contributed by atoms with Crippen molar-refractivity contribution in [2.45, 2.75) is 60.0 Å². The van der Waals surface area contributed by atoms with Crippen molar-refractivity contribution in [1.82, 2.24) is 5.32 Å². The highest BCUT2D eigenvalue weighted by Crippen LogP contribution is 2.19. The van der Waals surface area contributed by atoms with Gasteiger partial charge in [0, 0.05) is 12.1 Å². The number of benzene rings is 1. The van der Waals surface area contributed by atoms with E-state index in [1.54, 1.807) is 0 Å². The summed E-state index contributed by atoms with van der Waals surface area (Å²) in [5.41, 5.74) is 4.15. The Kier molecular flexibility index (Phi) is 5.20. The summed E-state index contributed by atoms with van der Waals surface area (Å²) in [5, 5.41) is 3.73. The second-order valence-corrected chi connectivity index (χ2v) is 5.49. The Balaban J connectivity index is 2.75. The van der Waals surface area contributed by atoms with Crippen molar-refractivity contribution in [2.75, 3.05) is 0 Å². The summed E-state index contributed by atoms with van der Waals surface area (Å²) in [6.07, 6.45) is 1.19. The molecule has 0 amide bonds. The summed E-state index contributed by atoms with van der Waals surface area (Å²) < 4.78 is 0. The Morgan fingerprint density at radius 2 is 1.71 bits per heavy atom. The molecule has 17 heavy (non-hydrogen) atoms. The van der Waals surface area contributed by atoms with Crippen LogP contribution in [0, 0.1) is 19.8 Å². The number of hydrogen-bond acceptors (Lipinski definition) is 1. The third-order valence-electron chi connectivity index (χ3n) is 3.74. The number of nitrogens with one attached hydrogen (secondary N) is 1. The first kappa shape index (κ1) is 14.2. The lowest BCUT2D eigenvalue weighted by Crippen LogP contribution is -2.35. The molecular weight excluding hydrogens is 206 g/mol. The van der Waals surface area contributed by atoms with Crippen LogP contribution in [-0.4, -0.2) is 6.04 Å². The Bertz CT molecular complexity index is 355. The highest BCUT2D eigenvalue weighted by atomic mass is 14.9. The van der Waals surface area contributed by atoms with Crippen LogP contribution in [0.15, 0.2) is 18.2 Å². The van der Waals surface area contributed by atoms with E-state index in [4.69, 9.17) is 0 Å². The summed E-state index contributed by atoms with van der Waals surface area (Å²) >= 11 is 0. The van der Waals surface area contributed by atoms with Gasteiger partial charge in [0.05, 0.1) is 0 Å². The van der Waals surface area contributed by atoms with E-state index < -0.39 is 0 Å². The van der Waals surface area contributed by atoms with Gasteiger partial charge in [-0.1, -0.05) is 39.0 Å². The zero-order valence-electron chi connectivity index (χ0n) is 12.2. The van der Waals surface area contributed by atoms with Crippen molar-refractivity contribution < 1.29 is 0 Å². The molecule has 2 atom stereocenters. The minimum Gasteiger partial charge on any atom is -0.307 e. The molecule has 0 saturated carbocycles. The van der Waals surface area contributed by atoms with Gasteiger partial charge in [-0.2, -0.15) is 0 Å². The molecular formula is C16H27N. The quantitative estimate of drug-likeness (QED) is 0.795. The van der Waals surface area contributed by atoms with Crippen LogP contribution in [-0.2, 0) is 0 Å². The van der Waals surface area contributed by atoms with Gasteiger partial charge in [0.2, 0.25) is 0 Å². The van der Waals surface area contributed by atoms with Crippen LogP contribution >= 0.6 is 0 Å². The monoisotopic (exact) mass is 233 g/mol. The van der Waals surface area contributed by atoms with E-state index in [1.807, 2.05) is 0 Å². The van der Waals surface area contributed by atoms with Crippen LogP contribution < -0.4 is 5.32 Å². The van der Waals surface area contributed by atoms with Gasteiger partial charge in [-0.15, -0.1) is 0 Å². The third-order valence-corrected chi connectivity index (χ3v) is 3.74. The molecule has 1 N–H and O–H groups in total. The molecule has 2 unspecified atom stereocenters. The van der Waals surface area contributed by atoms with Crippen molar-refractivity contribution in [3.8, 4) is 0 Å². The molecule has 1 aromatic rings. The molecule has 0 heterocycles. The Morgan fingerprint density at radius 3 is 2.18 bits per heavy atom. The third kappa shape index (κ3) is 3.85. The maximum Gasteiger partial charge on any atom is 0.0294 e. The number of rotatable bonds is 5. The number of hydrogen-bond donors (Lipinski definition) is 1. The van der Waals surface area contributed by atoms with E-state index in [1.165, 1.54) is 23.1 Å². The molecule has 0 fully saturated rings. The number of aryl methyl sites for hydroxylation is 2. The second-order valence-electron chi connectivity index (χ2n) is 5.49. The van der Waals surface area contributed by atoms with Gasteiger partial charge in [0.1, 0.15) is 0 Å². The molecule has 0 aromatic heterocycles. The Labute approximate surface area is 107 Å². The first-order valence-corrected chi connectivity index (χ1v) is 6.78. The minimum atomic E-state index is 0.432. The van der Waals surface area contributed by atoms with Gasteiger partial charge in [-0.25, -0.2) is 0 Å². The van der Waals surface area contributed by atoms with Crippen molar-refractivity contribution in [1.29, 1.82) is 0 Å². The molecule has 96 valence electrons. The lowest BCUT2D eigenvalue weighted by Gasteiger charge is -2.26. The average Bonchev–Trinajstić information content (AvgIpc) is 2.28. The summed E-state index contributed by atoms with van der Waals surface area (Å²) in [7, 11) is 0. The Hall–Kier alpha value is -0.820. The zero-order chi connectivity index (χ0) is 13.0. The van der Waals surface area contributed by atoms with Gasteiger partial charge in [0.15, 0.2) is 0 Å². The first-order chi connectivity index (χ1) is 7.95. The van der Waals surface area contributed by atoms with Gasteiger partial charge in [0.25, 0.3) is 0 Å². The highest BCUT2D eigenvalue weighted by molar-refractivity contribution is 5.31. The largest absolute Gasteiger partial charge is 0.307 e. The average molecular weight is 233 g/mol. The van der Waals surface area contributed by atoms with Crippen molar-refractivity contribution in [3.05, 3.63) is 34.9 Å². The van der Waals surface area contributed by atoms with E-state index in [0.717, 1.165) is 0 Å². The van der Waals surface area contributed by atoms with Crippen molar-refractivity contribution >= 4 is 0 Å². The first-order valence-electron chi connectivity index (χ1n) is 6.78. The molecule has 0 aliphatic carbocycles. The van der Waals surface area contributed by atoms with Crippen LogP contribution in [0.3, 0.4) is 0 Å². The molecule has 1 heteroatoms. The lowest BCUT2D eigenvalue weighted by atomic mass is 9.97. The van der Waals surface area contributed by atoms with E-state index in [2.05, 4.69) is 65.1 Å². The molecule has 0 aliphatic heterocycles. The van der Waals surface area contributed by atoms with Gasteiger partial charge in [-0.3, -0.25) is 0 Å². The van der Waals surface area contributed by atoms with E-state index >= 15 is 0 Å². The van der Waals surface area contributed by atoms with Crippen LogP contribution in [0.4, 0.5) is 0 Å². The SMILES string of the molecule is CCC(NC(C)c1ccc(C)c(C)c1)C(C)C. The van der Waals surface area contributed by atoms with E-state index in [9.17, 15) is 0 Å². The fraction of sp³-hybridized carbons (Fsp3) is 0.625. The van der Waals surface area contributed by atoms with Gasteiger partial charge < -0.3 is 5.32 Å². The summed E-state index contributed by atoms with van der Waals surface area (Å²) in [4.78, 5) is 0. The molecule has 1 rings (SSSR count). The van der Waals surface area contributed by atoms with Crippen LogP contribution in [0.1, 0.15) is 56.8 Å². The fourth-order valence-corrected chi connectivity index (χ4v) is 2.23. The summed E-state index contributed by atoms with van der Waals surface area (Å²) in [6.45, 7) is 13.4. The highest BCUT2D eigenvalue weighted by Gasteiger charge is 2.14. The normalized spacial score (nSPS) is 15.0. The van der Waals surface area contributed by atoms with Crippen LogP contribution in [0.25, 0.3) is 0 Å². The smallest absolute Gasteiger partial charge is 0.0294 e. The fourth-order valence-electron chi connectivity index (χ4n) is 2.23. The van der Waals surface area contributed by atoms with E-state index in [0.29, 0.717) is 18.0 Å². The topological polar surface area (TPSA) is 12.0 Å². The zero-order valence-corrected chi connectivity index (χ0v) is 12.2. The summed E-state index contributed by atoms with van der Waals surface area (Å²) in [6, 6.07) is 7.81. The molecule has 0 radical (unpaired) electrons. The molecule has 1 aromatic carbocycles. The lowest BCUT2D eigenvalue weighted by molar-refractivity contribution is 0.356. The maximum absolute atomic E-state index is 3.73. The summed E-state index contributed by atoms with van der Waals surface area (Å²) in [5.74, 6) is 0.689. The molecule has 0 bridgehead atoms. The van der Waals surface area contributed by atoms with E-state index in [-0.39, 0.29) is 0 Å². The van der Waals surface area contributed by atoms with Gasteiger partial charge in [-0.05, 0) is 49.8 Å². The van der Waals surface area contributed by atoms with Crippen molar-refractivity contribution in [2.24, 2.45) is 5.92 Å². The Morgan fingerprint density at radius 1 is 1.06 bits per heavy atom. The molecule has 0 spiro atoms. The molecule has 0 saturated heterocycles. The maximum atomic E-state index is 3.73. The predicted octanol–water partition coefficient (Wildman–Crippen LogP) is 4.39. The van der Waals surface area contributed by atoms with Crippen LogP contribution in [0.2, 0.25) is 0 Å². The van der Waals surface area contributed by atoms with Crippen molar-refractivity contribution in [3.63, 3.8) is 0 Å². The van der Waals surface area contributed by atoms with Crippen LogP contribution in [0.5, 0.6) is 0 Å². The molecule has 1 nitrogen and oxygen atoms in total. The van der Waals surface area contributed by atoms with Gasteiger partial charge >= 0.3 is 0 Å². The second kappa shape index (κ2) is 6.20. The molecule has 0 aliphatic rings.